The molecule has 1 heterocycles. The summed E-state index contributed by atoms with van der Waals surface area (Å²) in [7, 11) is -2.03. The van der Waals surface area contributed by atoms with Crippen LogP contribution in [0.5, 0.6) is 0 Å². The van der Waals surface area contributed by atoms with E-state index in [9.17, 15) is 13.2 Å². The van der Waals surface area contributed by atoms with Crippen LogP contribution < -0.4 is 0 Å². The summed E-state index contributed by atoms with van der Waals surface area (Å²) in [6.45, 7) is 2.09. The second-order valence-corrected chi connectivity index (χ2v) is 10.00. The van der Waals surface area contributed by atoms with Gasteiger partial charge >= 0.3 is 0 Å². The third-order valence-electron chi connectivity index (χ3n) is 5.60. The van der Waals surface area contributed by atoms with Crippen LogP contribution in [0.15, 0.2) is 90.0 Å². The molecule has 1 aromatic heterocycles. The number of benzene rings is 3. The van der Waals surface area contributed by atoms with Crippen molar-refractivity contribution in [3.63, 3.8) is 0 Å². The first kappa shape index (κ1) is 21.8. The number of rotatable bonds is 7. The summed E-state index contributed by atoms with van der Waals surface area (Å²) >= 11 is 0. The summed E-state index contributed by atoms with van der Waals surface area (Å²) in [6.07, 6.45) is 0. The van der Waals surface area contributed by atoms with E-state index >= 15 is 0 Å². The van der Waals surface area contributed by atoms with Gasteiger partial charge in [-0.25, -0.2) is 8.42 Å². The fourth-order valence-corrected chi connectivity index (χ4v) is 5.23. The summed E-state index contributed by atoms with van der Waals surface area (Å²) < 4.78 is 28.4. The van der Waals surface area contributed by atoms with Crippen molar-refractivity contribution in [1.82, 2.24) is 14.7 Å². The molecule has 4 aromatic rings. The lowest BCUT2D eigenvalue weighted by atomic mass is 10.2. The molecule has 4 rings (SSSR count). The molecule has 1 unspecified atom stereocenters. The molecule has 7 heteroatoms. The van der Waals surface area contributed by atoms with E-state index in [4.69, 9.17) is 0 Å². The maximum atomic E-state index is 13.4. The van der Waals surface area contributed by atoms with Gasteiger partial charge < -0.3 is 4.90 Å². The Kier molecular flexibility index (Phi) is 6.10. The van der Waals surface area contributed by atoms with Crippen LogP contribution in [0, 0.1) is 0 Å². The minimum Gasteiger partial charge on any atom is -0.340 e. The normalized spacial score (nSPS) is 12.6. The van der Waals surface area contributed by atoms with E-state index in [2.05, 4.69) is 5.10 Å². The van der Waals surface area contributed by atoms with Crippen LogP contribution in [0.25, 0.3) is 10.9 Å². The minimum absolute atomic E-state index is 0.00275. The van der Waals surface area contributed by atoms with Crippen LogP contribution in [0.3, 0.4) is 0 Å². The molecule has 0 N–H and O–H groups in total. The van der Waals surface area contributed by atoms with Crippen LogP contribution in [-0.2, 0) is 27.7 Å². The summed E-state index contributed by atoms with van der Waals surface area (Å²) in [5.74, 6) is -0.151. The lowest BCUT2D eigenvalue weighted by molar-refractivity contribution is -0.131. The van der Waals surface area contributed by atoms with Gasteiger partial charge in [0.25, 0.3) is 0 Å². The zero-order valence-electron chi connectivity index (χ0n) is 18.0. The maximum Gasteiger partial charge on any atom is 0.244 e. The summed E-state index contributed by atoms with van der Waals surface area (Å²) in [4.78, 5) is 14.5. The molecule has 0 fully saturated rings. The minimum atomic E-state index is -3.76. The smallest absolute Gasteiger partial charge is 0.244 e. The van der Waals surface area contributed by atoms with E-state index in [1.54, 1.807) is 49.2 Å². The third kappa shape index (κ3) is 4.29. The second-order valence-electron chi connectivity index (χ2n) is 7.81. The summed E-state index contributed by atoms with van der Waals surface area (Å²) in [6, 6.07) is 25.9. The highest BCUT2D eigenvalue weighted by molar-refractivity contribution is 7.91. The molecule has 6 nitrogen and oxygen atoms in total. The van der Waals surface area contributed by atoms with Gasteiger partial charge in [0.05, 0.1) is 10.8 Å². The molecule has 0 spiro atoms. The largest absolute Gasteiger partial charge is 0.340 e. The summed E-state index contributed by atoms with van der Waals surface area (Å²) in [5.41, 5.74) is 2.34. The average molecular weight is 448 g/mol. The Labute approximate surface area is 188 Å². The van der Waals surface area contributed by atoms with Crippen molar-refractivity contribution in [2.24, 2.45) is 0 Å². The fourth-order valence-electron chi connectivity index (χ4n) is 3.69. The first-order valence-corrected chi connectivity index (χ1v) is 11.9. The van der Waals surface area contributed by atoms with Crippen molar-refractivity contribution in [1.29, 1.82) is 0 Å². The molecule has 0 aliphatic carbocycles. The van der Waals surface area contributed by atoms with E-state index in [1.807, 2.05) is 54.6 Å². The summed E-state index contributed by atoms with van der Waals surface area (Å²) in [5, 5.41) is 4.19. The standard InChI is InChI=1S/C25H25N3O3S/c1-19(21-13-7-4-8-14-21)32(30,31)25-22-15-9-10-16-23(22)28(26-25)18-24(29)27(2)17-20-11-5-3-6-12-20/h3-16,19H,17-18H2,1-2H3. The highest BCUT2D eigenvalue weighted by Crippen LogP contribution is 2.32. The van der Waals surface area contributed by atoms with Gasteiger partial charge in [-0.2, -0.15) is 5.10 Å². The number of para-hydroxylation sites is 1. The van der Waals surface area contributed by atoms with Crippen LogP contribution >= 0.6 is 0 Å². The SMILES string of the molecule is CC(c1ccccc1)S(=O)(=O)c1nn(CC(=O)N(C)Cc2ccccc2)c2ccccc12. The highest BCUT2D eigenvalue weighted by atomic mass is 32.2. The van der Waals surface area contributed by atoms with Crippen molar-refractivity contribution < 1.29 is 13.2 Å². The number of carbonyl (C=O) groups is 1. The molecule has 1 atom stereocenters. The number of nitrogens with zero attached hydrogens (tertiary/aromatic N) is 3. The van der Waals surface area contributed by atoms with Crippen LogP contribution in [0.1, 0.15) is 23.3 Å². The fraction of sp³-hybridized carbons (Fsp3) is 0.200. The highest BCUT2D eigenvalue weighted by Gasteiger charge is 2.30. The zero-order valence-corrected chi connectivity index (χ0v) is 18.9. The van der Waals surface area contributed by atoms with Crippen molar-refractivity contribution in [2.45, 2.75) is 30.3 Å². The molecule has 0 saturated heterocycles. The molecule has 0 aliphatic heterocycles. The van der Waals surface area contributed by atoms with Gasteiger partial charge in [0.2, 0.25) is 15.7 Å². The Bertz CT molecular complexity index is 1330. The molecular weight excluding hydrogens is 422 g/mol. The van der Waals surface area contributed by atoms with Gasteiger partial charge in [0.1, 0.15) is 6.54 Å². The van der Waals surface area contributed by atoms with E-state index in [0.29, 0.717) is 23.0 Å². The predicted octanol–water partition coefficient (Wildman–Crippen LogP) is 4.23. The van der Waals surface area contributed by atoms with Crippen molar-refractivity contribution >= 4 is 26.6 Å². The molecule has 1 amide bonds. The van der Waals surface area contributed by atoms with Gasteiger partial charge in [-0.1, -0.05) is 72.8 Å². The number of hydrogen-bond acceptors (Lipinski definition) is 4. The molecule has 0 aliphatic rings. The van der Waals surface area contributed by atoms with Crippen LogP contribution in [0.4, 0.5) is 0 Å². The number of amides is 1. The van der Waals surface area contributed by atoms with Gasteiger partial charge in [-0.05, 0) is 30.2 Å². The molecule has 32 heavy (non-hydrogen) atoms. The lowest BCUT2D eigenvalue weighted by Gasteiger charge is -2.17. The molecule has 0 saturated carbocycles. The second kappa shape index (κ2) is 8.96. The number of aromatic nitrogens is 2. The van der Waals surface area contributed by atoms with Crippen molar-refractivity contribution in [2.75, 3.05) is 7.05 Å². The Morgan fingerprint density at radius 2 is 1.53 bits per heavy atom. The van der Waals surface area contributed by atoms with E-state index < -0.39 is 15.1 Å². The Morgan fingerprint density at radius 1 is 0.938 bits per heavy atom. The number of carbonyl (C=O) groups excluding carboxylic acids is 1. The zero-order chi connectivity index (χ0) is 22.7. The number of fused-ring (bicyclic) bond motifs is 1. The molecule has 0 bridgehead atoms. The number of sulfone groups is 1. The Morgan fingerprint density at radius 3 is 2.22 bits per heavy atom. The molecule has 3 aromatic carbocycles. The molecular formula is C25H25N3O3S. The van der Waals surface area contributed by atoms with Gasteiger partial charge in [-0.3, -0.25) is 9.48 Å². The molecule has 164 valence electrons. The average Bonchev–Trinajstić information content (AvgIpc) is 3.19. The Hall–Kier alpha value is -3.45. The number of likely N-dealkylation sites (N-methyl/N-ethyl adjacent to an activating group) is 1. The maximum absolute atomic E-state index is 13.4. The monoisotopic (exact) mass is 447 g/mol. The number of hydrogen-bond donors (Lipinski definition) is 0. The van der Waals surface area contributed by atoms with Gasteiger partial charge in [-0.15, -0.1) is 0 Å². The first-order chi connectivity index (χ1) is 15.4. The third-order valence-corrected chi connectivity index (χ3v) is 7.64. The predicted molar refractivity (Wildman–Crippen MR) is 125 cm³/mol. The van der Waals surface area contributed by atoms with E-state index in [1.165, 1.54) is 4.68 Å². The van der Waals surface area contributed by atoms with Crippen LogP contribution in [-0.4, -0.2) is 36.1 Å². The van der Waals surface area contributed by atoms with E-state index in [-0.39, 0.29) is 17.5 Å². The van der Waals surface area contributed by atoms with Crippen molar-refractivity contribution in [3.05, 3.63) is 96.1 Å². The topological polar surface area (TPSA) is 72.3 Å². The van der Waals surface area contributed by atoms with Crippen molar-refractivity contribution in [3.8, 4) is 0 Å². The lowest BCUT2D eigenvalue weighted by Crippen LogP contribution is -2.30. The molecule has 0 radical (unpaired) electrons. The first-order valence-electron chi connectivity index (χ1n) is 10.4. The van der Waals surface area contributed by atoms with E-state index in [0.717, 1.165) is 5.56 Å². The van der Waals surface area contributed by atoms with Gasteiger partial charge in [0.15, 0.2) is 5.03 Å². The quantitative estimate of drug-likeness (QED) is 0.425. The van der Waals surface area contributed by atoms with Gasteiger partial charge in [0, 0.05) is 19.0 Å². The van der Waals surface area contributed by atoms with Crippen LogP contribution in [0.2, 0.25) is 0 Å². The Balaban J connectivity index is 1.65.